The SMILES string of the molecule is CC1Oc2ccc(N)cc2N(C(C)(C)CCO)C1=O. The third-order valence-electron chi connectivity index (χ3n) is 3.42. The average molecular weight is 264 g/mol. The second-order valence-electron chi connectivity index (χ2n) is 5.45. The third kappa shape index (κ3) is 2.38. The predicted molar refractivity (Wildman–Crippen MR) is 74.2 cm³/mol. The average Bonchev–Trinajstić information content (AvgIpc) is 2.31. The quantitative estimate of drug-likeness (QED) is 0.812. The van der Waals surface area contributed by atoms with Crippen LogP contribution in [0.1, 0.15) is 27.2 Å². The summed E-state index contributed by atoms with van der Waals surface area (Å²) in [5.74, 6) is 0.531. The molecule has 0 bridgehead atoms. The number of aliphatic hydroxyl groups excluding tert-OH is 1. The highest BCUT2D eigenvalue weighted by Gasteiger charge is 2.40. The summed E-state index contributed by atoms with van der Waals surface area (Å²) in [5, 5.41) is 9.19. The maximum absolute atomic E-state index is 12.4. The first-order valence-electron chi connectivity index (χ1n) is 6.38. The fourth-order valence-corrected chi connectivity index (χ4v) is 2.36. The first-order chi connectivity index (χ1) is 8.86. The van der Waals surface area contributed by atoms with Crippen LogP contribution in [0.2, 0.25) is 0 Å². The van der Waals surface area contributed by atoms with Gasteiger partial charge in [-0.15, -0.1) is 0 Å². The fraction of sp³-hybridized carbons (Fsp3) is 0.500. The standard InChI is InChI=1S/C14H20N2O3/c1-9-13(18)16(14(2,3)6-7-17)11-8-10(15)4-5-12(11)19-9/h4-5,8-9,17H,6-7,15H2,1-3H3. The molecule has 5 nitrogen and oxygen atoms in total. The first kappa shape index (κ1) is 13.7. The molecule has 19 heavy (non-hydrogen) atoms. The van der Waals surface area contributed by atoms with Crippen molar-refractivity contribution in [2.75, 3.05) is 17.2 Å². The lowest BCUT2D eigenvalue weighted by molar-refractivity contribution is -0.126. The predicted octanol–water partition coefficient (Wildman–Crippen LogP) is 1.54. The lowest BCUT2D eigenvalue weighted by Crippen LogP contribution is -2.55. The van der Waals surface area contributed by atoms with E-state index in [0.717, 1.165) is 0 Å². The van der Waals surface area contributed by atoms with Gasteiger partial charge in [-0.1, -0.05) is 0 Å². The van der Waals surface area contributed by atoms with Crippen LogP contribution >= 0.6 is 0 Å². The van der Waals surface area contributed by atoms with Gasteiger partial charge >= 0.3 is 0 Å². The van der Waals surface area contributed by atoms with Crippen LogP contribution in [-0.4, -0.2) is 29.3 Å². The van der Waals surface area contributed by atoms with Gasteiger partial charge < -0.3 is 15.6 Å². The number of nitrogen functional groups attached to an aromatic ring is 1. The molecule has 0 saturated heterocycles. The molecular weight excluding hydrogens is 244 g/mol. The van der Waals surface area contributed by atoms with E-state index in [9.17, 15) is 9.90 Å². The number of carbonyl (C=O) groups is 1. The molecule has 0 radical (unpaired) electrons. The highest BCUT2D eigenvalue weighted by atomic mass is 16.5. The number of carbonyl (C=O) groups excluding carboxylic acids is 1. The Morgan fingerprint density at radius 1 is 1.47 bits per heavy atom. The van der Waals surface area contributed by atoms with E-state index in [0.29, 0.717) is 23.5 Å². The van der Waals surface area contributed by atoms with Gasteiger partial charge in [0.1, 0.15) is 5.75 Å². The normalized spacial score (nSPS) is 19.1. The number of aliphatic hydroxyl groups is 1. The number of rotatable bonds is 3. The summed E-state index contributed by atoms with van der Waals surface area (Å²) in [7, 11) is 0. The summed E-state index contributed by atoms with van der Waals surface area (Å²) in [4.78, 5) is 14.1. The highest BCUT2D eigenvalue weighted by molar-refractivity contribution is 6.01. The zero-order chi connectivity index (χ0) is 14.2. The molecule has 0 saturated carbocycles. The Kier molecular flexibility index (Phi) is 3.41. The molecule has 0 aliphatic carbocycles. The number of ether oxygens (including phenoxy) is 1. The van der Waals surface area contributed by atoms with E-state index >= 15 is 0 Å². The van der Waals surface area contributed by atoms with Gasteiger partial charge in [-0.2, -0.15) is 0 Å². The van der Waals surface area contributed by atoms with Crippen LogP contribution in [0.5, 0.6) is 5.75 Å². The maximum atomic E-state index is 12.4. The van der Waals surface area contributed by atoms with Gasteiger partial charge in [-0.25, -0.2) is 0 Å². The monoisotopic (exact) mass is 264 g/mol. The van der Waals surface area contributed by atoms with Crippen LogP contribution in [0, 0.1) is 0 Å². The van der Waals surface area contributed by atoms with Crippen LogP contribution in [-0.2, 0) is 4.79 Å². The molecule has 0 fully saturated rings. The number of amides is 1. The number of fused-ring (bicyclic) bond motifs is 1. The molecule has 3 N–H and O–H groups in total. The van der Waals surface area contributed by atoms with Crippen molar-refractivity contribution in [2.45, 2.75) is 38.8 Å². The molecule has 1 amide bonds. The molecule has 1 aromatic rings. The fourth-order valence-electron chi connectivity index (χ4n) is 2.36. The topological polar surface area (TPSA) is 75.8 Å². The molecule has 5 heteroatoms. The smallest absolute Gasteiger partial charge is 0.268 e. The number of hydrogen-bond acceptors (Lipinski definition) is 4. The highest BCUT2D eigenvalue weighted by Crippen LogP contribution is 2.40. The molecule has 2 rings (SSSR count). The Labute approximate surface area is 113 Å². The summed E-state index contributed by atoms with van der Waals surface area (Å²) >= 11 is 0. The van der Waals surface area contributed by atoms with Crippen molar-refractivity contribution in [1.82, 2.24) is 0 Å². The van der Waals surface area contributed by atoms with Crippen LogP contribution in [0.4, 0.5) is 11.4 Å². The Morgan fingerprint density at radius 2 is 2.16 bits per heavy atom. The number of anilines is 2. The summed E-state index contributed by atoms with van der Waals surface area (Å²) < 4.78 is 5.59. The van der Waals surface area contributed by atoms with Crippen LogP contribution in [0.3, 0.4) is 0 Å². The van der Waals surface area contributed by atoms with Gasteiger partial charge in [0.25, 0.3) is 5.91 Å². The van der Waals surface area contributed by atoms with Gasteiger partial charge in [-0.3, -0.25) is 9.69 Å². The van der Waals surface area contributed by atoms with Gasteiger partial charge in [0.2, 0.25) is 0 Å². The summed E-state index contributed by atoms with van der Waals surface area (Å²) in [6, 6.07) is 5.26. The van der Waals surface area contributed by atoms with E-state index in [1.165, 1.54) is 0 Å². The molecule has 104 valence electrons. The second-order valence-corrected chi connectivity index (χ2v) is 5.45. The molecule has 1 heterocycles. The number of hydrogen-bond donors (Lipinski definition) is 2. The molecular formula is C14H20N2O3. The van der Waals surface area contributed by atoms with Crippen molar-refractivity contribution < 1.29 is 14.6 Å². The Bertz CT molecular complexity index is 499. The van der Waals surface area contributed by atoms with E-state index < -0.39 is 11.6 Å². The lowest BCUT2D eigenvalue weighted by atomic mass is 9.95. The lowest BCUT2D eigenvalue weighted by Gasteiger charge is -2.43. The third-order valence-corrected chi connectivity index (χ3v) is 3.42. The molecule has 0 aromatic heterocycles. The van der Waals surface area contributed by atoms with E-state index in [-0.39, 0.29) is 12.5 Å². The number of nitrogens with two attached hydrogens (primary N) is 1. The molecule has 1 aromatic carbocycles. The van der Waals surface area contributed by atoms with E-state index in [4.69, 9.17) is 10.5 Å². The molecule has 1 aliphatic rings. The Hall–Kier alpha value is -1.75. The van der Waals surface area contributed by atoms with Gasteiger partial charge in [0.15, 0.2) is 6.10 Å². The first-order valence-corrected chi connectivity index (χ1v) is 6.38. The van der Waals surface area contributed by atoms with Crippen molar-refractivity contribution in [3.8, 4) is 5.75 Å². The molecule has 0 spiro atoms. The van der Waals surface area contributed by atoms with Crippen molar-refractivity contribution in [3.05, 3.63) is 18.2 Å². The minimum Gasteiger partial charge on any atom is -0.479 e. The van der Waals surface area contributed by atoms with Crippen molar-refractivity contribution in [3.63, 3.8) is 0 Å². The van der Waals surface area contributed by atoms with Crippen molar-refractivity contribution in [2.24, 2.45) is 0 Å². The zero-order valence-corrected chi connectivity index (χ0v) is 11.5. The van der Waals surface area contributed by atoms with Gasteiger partial charge in [0.05, 0.1) is 5.69 Å². The maximum Gasteiger partial charge on any atom is 0.268 e. The second kappa shape index (κ2) is 4.74. The van der Waals surface area contributed by atoms with Gasteiger partial charge in [-0.05, 0) is 45.4 Å². The van der Waals surface area contributed by atoms with Crippen LogP contribution < -0.4 is 15.4 Å². The minimum absolute atomic E-state index is 0.0175. The van der Waals surface area contributed by atoms with Crippen LogP contribution in [0.25, 0.3) is 0 Å². The van der Waals surface area contributed by atoms with E-state index in [2.05, 4.69) is 0 Å². The number of benzene rings is 1. The molecule has 1 unspecified atom stereocenters. The molecule has 1 aliphatic heterocycles. The zero-order valence-electron chi connectivity index (χ0n) is 11.5. The molecule has 1 atom stereocenters. The van der Waals surface area contributed by atoms with Crippen LogP contribution in [0.15, 0.2) is 18.2 Å². The van der Waals surface area contributed by atoms with E-state index in [1.54, 1.807) is 30.0 Å². The largest absolute Gasteiger partial charge is 0.479 e. The van der Waals surface area contributed by atoms with Crippen molar-refractivity contribution >= 4 is 17.3 Å². The minimum atomic E-state index is -0.533. The Balaban J connectivity index is 2.52. The van der Waals surface area contributed by atoms with E-state index in [1.807, 2.05) is 13.8 Å². The summed E-state index contributed by atoms with van der Waals surface area (Å²) in [5.41, 5.74) is 6.55. The van der Waals surface area contributed by atoms with Gasteiger partial charge in [0, 0.05) is 17.8 Å². The van der Waals surface area contributed by atoms with Crippen molar-refractivity contribution in [1.29, 1.82) is 0 Å². The Morgan fingerprint density at radius 3 is 2.79 bits per heavy atom. The summed E-state index contributed by atoms with van der Waals surface area (Å²) in [6.45, 7) is 5.59. The summed E-state index contributed by atoms with van der Waals surface area (Å²) in [6.07, 6.45) is -0.0474. The number of nitrogens with zero attached hydrogens (tertiary/aromatic N) is 1.